The molecule has 242 valence electrons. The minimum absolute atomic E-state index is 0.628. The molecule has 3 heteroatoms. The van der Waals surface area contributed by atoms with Gasteiger partial charge in [0.15, 0.2) is 0 Å². The van der Waals surface area contributed by atoms with Crippen LogP contribution in [0.3, 0.4) is 0 Å². The molecule has 0 amide bonds. The lowest BCUT2D eigenvalue weighted by Crippen LogP contribution is -2.37. The molecule has 0 bridgehead atoms. The van der Waals surface area contributed by atoms with Crippen molar-refractivity contribution < 1.29 is 4.74 Å². The zero-order valence-electron chi connectivity index (χ0n) is 28.1. The van der Waals surface area contributed by atoms with Gasteiger partial charge < -0.3 is 13.9 Å². The third-order valence-corrected chi connectivity index (χ3v) is 11.6. The molecular formula is C49H30N2O. The van der Waals surface area contributed by atoms with E-state index in [-0.39, 0.29) is 0 Å². The molecule has 52 heavy (non-hydrogen) atoms. The fourth-order valence-corrected chi connectivity index (χ4v) is 9.50. The molecule has 2 aliphatic heterocycles. The van der Waals surface area contributed by atoms with Gasteiger partial charge in [-0.1, -0.05) is 133 Å². The van der Waals surface area contributed by atoms with Gasteiger partial charge >= 0.3 is 0 Å². The number of fused-ring (bicyclic) bond motifs is 14. The summed E-state index contributed by atoms with van der Waals surface area (Å²) in [4.78, 5) is 0. The average molecular weight is 663 g/mol. The summed E-state index contributed by atoms with van der Waals surface area (Å²) in [6.45, 7) is 0. The second-order valence-corrected chi connectivity index (χ2v) is 14.1. The van der Waals surface area contributed by atoms with Crippen LogP contribution < -0.4 is 4.74 Å². The fourth-order valence-electron chi connectivity index (χ4n) is 9.50. The first-order chi connectivity index (χ1) is 25.8. The second-order valence-electron chi connectivity index (χ2n) is 14.1. The topological polar surface area (TPSA) is 19.1 Å². The Balaban J connectivity index is 1.22. The molecule has 0 fully saturated rings. The Kier molecular flexibility index (Phi) is 5.43. The first kappa shape index (κ1) is 27.9. The highest BCUT2D eigenvalue weighted by Gasteiger charge is 2.50. The predicted octanol–water partition coefficient (Wildman–Crippen LogP) is 12.3. The quantitative estimate of drug-likeness (QED) is 0.180. The lowest BCUT2D eigenvalue weighted by molar-refractivity contribution is 0.435. The number of hydrogen-bond donors (Lipinski definition) is 0. The van der Waals surface area contributed by atoms with Gasteiger partial charge in [-0.05, 0) is 70.8 Å². The van der Waals surface area contributed by atoms with Gasteiger partial charge in [0.1, 0.15) is 11.5 Å². The van der Waals surface area contributed by atoms with E-state index < -0.39 is 5.41 Å². The van der Waals surface area contributed by atoms with Crippen molar-refractivity contribution in [1.29, 1.82) is 0 Å². The van der Waals surface area contributed by atoms with Crippen molar-refractivity contribution in [3.05, 3.63) is 204 Å². The van der Waals surface area contributed by atoms with Crippen molar-refractivity contribution in [3.8, 4) is 34.0 Å². The molecule has 3 nitrogen and oxygen atoms in total. The van der Waals surface area contributed by atoms with E-state index >= 15 is 0 Å². The minimum Gasteiger partial charge on any atom is -0.457 e. The summed E-state index contributed by atoms with van der Waals surface area (Å²) in [5, 5.41) is 4.91. The van der Waals surface area contributed by atoms with Crippen molar-refractivity contribution in [3.63, 3.8) is 0 Å². The lowest BCUT2D eigenvalue weighted by atomic mass is 9.61. The van der Waals surface area contributed by atoms with Gasteiger partial charge in [-0.2, -0.15) is 0 Å². The van der Waals surface area contributed by atoms with Crippen LogP contribution in [0.1, 0.15) is 22.3 Å². The predicted molar refractivity (Wildman–Crippen MR) is 212 cm³/mol. The van der Waals surface area contributed by atoms with E-state index in [0.29, 0.717) is 0 Å². The van der Waals surface area contributed by atoms with Crippen LogP contribution in [0.25, 0.3) is 66.1 Å². The van der Waals surface area contributed by atoms with Gasteiger partial charge in [0.25, 0.3) is 0 Å². The number of nitrogens with zero attached hydrogens (tertiary/aromatic N) is 2. The maximum absolute atomic E-state index is 6.98. The summed E-state index contributed by atoms with van der Waals surface area (Å²) in [6.07, 6.45) is 0. The van der Waals surface area contributed by atoms with Crippen LogP contribution in [-0.2, 0) is 5.41 Å². The monoisotopic (exact) mass is 662 g/mol. The Morgan fingerprint density at radius 3 is 1.81 bits per heavy atom. The number of hydrogen-bond acceptors (Lipinski definition) is 1. The molecule has 8 aromatic carbocycles. The average Bonchev–Trinajstić information content (AvgIpc) is 3.72. The van der Waals surface area contributed by atoms with Gasteiger partial charge in [0.2, 0.25) is 0 Å². The molecule has 4 heterocycles. The van der Waals surface area contributed by atoms with Gasteiger partial charge in [-0.15, -0.1) is 0 Å². The normalized spacial score (nSPS) is 15.5. The summed E-state index contributed by atoms with van der Waals surface area (Å²) in [6, 6.07) is 66.4. The third-order valence-electron chi connectivity index (χ3n) is 11.6. The van der Waals surface area contributed by atoms with Gasteiger partial charge in [0, 0.05) is 38.4 Å². The van der Waals surface area contributed by atoms with E-state index in [2.05, 4.69) is 191 Å². The summed E-state index contributed by atoms with van der Waals surface area (Å²) in [7, 11) is 0. The Morgan fingerprint density at radius 2 is 0.981 bits per heavy atom. The van der Waals surface area contributed by atoms with Crippen molar-refractivity contribution >= 4 is 43.6 Å². The molecule has 0 aliphatic carbocycles. The van der Waals surface area contributed by atoms with Crippen LogP contribution in [0.5, 0.6) is 11.5 Å². The van der Waals surface area contributed by atoms with E-state index in [1.165, 1.54) is 66.0 Å². The number of benzene rings is 8. The largest absolute Gasteiger partial charge is 0.457 e. The molecule has 2 aliphatic rings. The van der Waals surface area contributed by atoms with E-state index in [0.717, 1.165) is 33.8 Å². The highest BCUT2D eigenvalue weighted by atomic mass is 16.5. The second kappa shape index (κ2) is 10.1. The number of rotatable bonds is 2. The maximum Gasteiger partial charge on any atom is 0.133 e. The van der Waals surface area contributed by atoms with Crippen molar-refractivity contribution in [2.75, 3.05) is 0 Å². The maximum atomic E-state index is 6.98. The summed E-state index contributed by atoms with van der Waals surface area (Å²) in [5.74, 6) is 1.79. The minimum atomic E-state index is -0.628. The van der Waals surface area contributed by atoms with Crippen molar-refractivity contribution in [2.45, 2.75) is 5.41 Å². The van der Waals surface area contributed by atoms with E-state index in [1.807, 2.05) is 0 Å². The van der Waals surface area contributed by atoms with Crippen LogP contribution >= 0.6 is 0 Å². The van der Waals surface area contributed by atoms with E-state index in [9.17, 15) is 0 Å². The number of para-hydroxylation sites is 5. The molecule has 0 radical (unpaired) electrons. The molecule has 1 spiro atoms. The van der Waals surface area contributed by atoms with Crippen LogP contribution in [0.15, 0.2) is 182 Å². The van der Waals surface area contributed by atoms with Crippen molar-refractivity contribution in [1.82, 2.24) is 9.13 Å². The standard InChI is InChI=1S/C49H30N2O/c1-2-13-31(14-3-1)32-25-27-33(28-26-32)50-42-21-8-5-16-35(42)37-29-47-41(30-45(37)50)49(39-19-7-11-24-46(39)52-47)38-18-6-10-23-44(38)51-43-22-9-4-15-34(43)36-17-12-20-40(49)48(36)51/h1-30H. The molecule has 0 saturated carbocycles. The molecule has 12 rings (SSSR count). The highest BCUT2D eigenvalue weighted by molar-refractivity contribution is 6.13. The molecule has 1 unspecified atom stereocenters. The van der Waals surface area contributed by atoms with Crippen LogP contribution in [0, 0.1) is 0 Å². The Hall–Kier alpha value is -6.84. The molecular weight excluding hydrogens is 633 g/mol. The molecule has 0 N–H and O–H groups in total. The molecule has 2 aromatic heterocycles. The smallest absolute Gasteiger partial charge is 0.133 e. The Bertz CT molecular complexity index is 3090. The van der Waals surface area contributed by atoms with Crippen LogP contribution in [0.4, 0.5) is 0 Å². The van der Waals surface area contributed by atoms with Crippen LogP contribution in [0.2, 0.25) is 0 Å². The van der Waals surface area contributed by atoms with Gasteiger partial charge in [-0.25, -0.2) is 0 Å². The molecule has 1 atom stereocenters. The Labute approximate surface area is 300 Å². The summed E-state index contributed by atoms with van der Waals surface area (Å²) in [5.41, 5.74) is 13.8. The highest BCUT2D eigenvalue weighted by Crippen LogP contribution is 2.61. The zero-order valence-corrected chi connectivity index (χ0v) is 28.1. The number of aromatic nitrogens is 2. The first-order valence-electron chi connectivity index (χ1n) is 17.9. The number of ether oxygens (including phenoxy) is 1. The van der Waals surface area contributed by atoms with Gasteiger partial charge in [-0.3, -0.25) is 0 Å². The third kappa shape index (κ3) is 3.45. The SMILES string of the molecule is c1ccc(-c2ccc(-n3c4ccccc4c4cc5c(cc43)C3(c4ccccc4O5)c4ccccc4-n4c5ccccc5c5cccc3c54)cc2)cc1. The fraction of sp³-hybridized carbons (Fsp3) is 0.0204. The van der Waals surface area contributed by atoms with E-state index in [1.54, 1.807) is 0 Å². The molecule has 10 aromatic rings. The first-order valence-corrected chi connectivity index (χ1v) is 17.9. The lowest BCUT2D eigenvalue weighted by Gasteiger charge is -2.45. The van der Waals surface area contributed by atoms with Gasteiger partial charge in [0.05, 0.1) is 33.2 Å². The Morgan fingerprint density at radius 1 is 0.365 bits per heavy atom. The van der Waals surface area contributed by atoms with E-state index in [4.69, 9.17) is 4.74 Å². The van der Waals surface area contributed by atoms with Crippen molar-refractivity contribution in [2.24, 2.45) is 0 Å². The molecule has 0 saturated heterocycles. The summed E-state index contributed by atoms with van der Waals surface area (Å²) >= 11 is 0. The van der Waals surface area contributed by atoms with Crippen LogP contribution in [-0.4, -0.2) is 9.13 Å². The zero-order chi connectivity index (χ0) is 34.0. The summed E-state index contributed by atoms with van der Waals surface area (Å²) < 4.78 is 11.9.